The van der Waals surface area contributed by atoms with Gasteiger partial charge in [-0.2, -0.15) is 0 Å². The van der Waals surface area contributed by atoms with Crippen molar-refractivity contribution in [2.75, 3.05) is 11.1 Å². The molecule has 0 aliphatic heterocycles. The van der Waals surface area contributed by atoms with Gasteiger partial charge >= 0.3 is 0 Å². The van der Waals surface area contributed by atoms with Crippen molar-refractivity contribution in [3.63, 3.8) is 0 Å². The van der Waals surface area contributed by atoms with Crippen molar-refractivity contribution in [1.29, 1.82) is 0 Å². The maximum absolute atomic E-state index is 13.1. The smallest absolute Gasteiger partial charge is 0.234 e. The Kier molecular flexibility index (Phi) is 7.35. The first-order valence-electron chi connectivity index (χ1n) is 8.64. The Labute approximate surface area is 181 Å². The molecule has 0 atom stereocenters. The maximum Gasteiger partial charge on any atom is 0.234 e. The Bertz CT molecular complexity index is 998. The second-order valence-corrected chi connectivity index (χ2v) is 7.64. The molecule has 2 aromatic carbocycles. The Morgan fingerprint density at radius 3 is 2.66 bits per heavy atom. The third-order valence-corrected chi connectivity index (χ3v) is 5.33. The number of hydrogen-bond acceptors (Lipinski definition) is 5. The zero-order chi connectivity index (χ0) is 20.8. The second kappa shape index (κ2) is 9.96. The number of nitrogens with zero attached hydrogens (tertiary/aromatic N) is 3. The standard InChI is InChI=1S/C19H17Cl2FN4O2S/c1-2-26-17(10-28-16-8-5-13(22)9-15(16)21)24-25-19(26)29-11-18(27)23-14-6-3-12(20)4-7-14/h3-9H,2,10-11H2,1H3,(H,23,27). The Morgan fingerprint density at radius 2 is 1.97 bits per heavy atom. The summed E-state index contributed by atoms with van der Waals surface area (Å²) in [6.07, 6.45) is 0. The molecule has 10 heteroatoms. The molecular weight excluding hydrogens is 438 g/mol. The average molecular weight is 455 g/mol. The third kappa shape index (κ3) is 5.85. The number of thioether (sulfide) groups is 1. The fraction of sp³-hybridized carbons (Fsp3) is 0.211. The molecule has 29 heavy (non-hydrogen) atoms. The topological polar surface area (TPSA) is 69.0 Å². The molecule has 1 heterocycles. The highest BCUT2D eigenvalue weighted by molar-refractivity contribution is 7.99. The van der Waals surface area contributed by atoms with Gasteiger partial charge in [0.25, 0.3) is 0 Å². The molecule has 0 spiro atoms. The van der Waals surface area contributed by atoms with Gasteiger partial charge < -0.3 is 14.6 Å². The van der Waals surface area contributed by atoms with Crippen LogP contribution in [0.4, 0.5) is 10.1 Å². The van der Waals surface area contributed by atoms with Crippen LogP contribution < -0.4 is 10.1 Å². The number of ether oxygens (including phenoxy) is 1. The molecular formula is C19H17Cl2FN4O2S. The third-order valence-electron chi connectivity index (χ3n) is 3.82. The lowest BCUT2D eigenvalue weighted by Gasteiger charge is -2.10. The Morgan fingerprint density at radius 1 is 1.21 bits per heavy atom. The van der Waals surface area contributed by atoms with Crippen molar-refractivity contribution >= 4 is 46.6 Å². The zero-order valence-electron chi connectivity index (χ0n) is 15.4. The lowest BCUT2D eigenvalue weighted by atomic mass is 10.3. The van der Waals surface area contributed by atoms with Gasteiger partial charge in [-0.15, -0.1) is 10.2 Å². The molecule has 0 aliphatic carbocycles. The molecule has 1 N–H and O–H groups in total. The second-order valence-electron chi connectivity index (χ2n) is 5.85. The van der Waals surface area contributed by atoms with Crippen LogP contribution in [-0.4, -0.2) is 26.4 Å². The summed E-state index contributed by atoms with van der Waals surface area (Å²) in [6, 6.07) is 10.8. The fourth-order valence-electron chi connectivity index (χ4n) is 2.45. The molecule has 0 radical (unpaired) electrons. The van der Waals surface area contributed by atoms with Crippen LogP contribution in [0.1, 0.15) is 12.7 Å². The first-order valence-corrected chi connectivity index (χ1v) is 10.4. The number of hydrogen-bond donors (Lipinski definition) is 1. The number of halogens is 3. The minimum absolute atomic E-state index is 0.115. The largest absolute Gasteiger partial charge is 0.484 e. The molecule has 3 aromatic rings. The van der Waals surface area contributed by atoms with Crippen molar-refractivity contribution in [2.45, 2.75) is 25.2 Å². The molecule has 0 saturated heterocycles. The minimum Gasteiger partial charge on any atom is -0.484 e. The highest BCUT2D eigenvalue weighted by Gasteiger charge is 2.14. The summed E-state index contributed by atoms with van der Waals surface area (Å²) in [6.45, 7) is 2.66. The van der Waals surface area contributed by atoms with E-state index in [1.807, 2.05) is 11.5 Å². The number of amides is 1. The quantitative estimate of drug-likeness (QED) is 0.482. The van der Waals surface area contributed by atoms with Gasteiger partial charge in [0.1, 0.15) is 18.2 Å². The van der Waals surface area contributed by atoms with Gasteiger partial charge in [0.2, 0.25) is 5.91 Å². The Hall–Kier alpha value is -2.29. The summed E-state index contributed by atoms with van der Waals surface area (Å²) in [5.41, 5.74) is 0.669. The van der Waals surface area contributed by atoms with Crippen LogP contribution in [0, 0.1) is 5.82 Å². The van der Waals surface area contributed by atoms with Gasteiger partial charge in [-0.05, 0) is 49.4 Å². The van der Waals surface area contributed by atoms with E-state index in [4.69, 9.17) is 27.9 Å². The Balaban J connectivity index is 1.58. The lowest BCUT2D eigenvalue weighted by Crippen LogP contribution is -2.14. The van der Waals surface area contributed by atoms with Gasteiger partial charge in [0.15, 0.2) is 11.0 Å². The van der Waals surface area contributed by atoms with Gasteiger partial charge in [-0.3, -0.25) is 4.79 Å². The van der Waals surface area contributed by atoms with E-state index >= 15 is 0 Å². The van der Waals surface area contributed by atoms with E-state index in [0.29, 0.717) is 34.0 Å². The van der Waals surface area contributed by atoms with Crippen molar-refractivity contribution < 1.29 is 13.9 Å². The maximum atomic E-state index is 13.1. The van der Waals surface area contributed by atoms with Crippen LogP contribution in [0.25, 0.3) is 0 Å². The first-order chi connectivity index (χ1) is 14.0. The zero-order valence-corrected chi connectivity index (χ0v) is 17.7. The van der Waals surface area contributed by atoms with Crippen molar-refractivity contribution in [2.24, 2.45) is 0 Å². The number of aromatic nitrogens is 3. The molecule has 1 aromatic heterocycles. The highest BCUT2D eigenvalue weighted by Crippen LogP contribution is 2.26. The van der Waals surface area contributed by atoms with Crippen molar-refractivity contribution in [1.82, 2.24) is 14.8 Å². The van der Waals surface area contributed by atoms with Crippen molar-refractivity contribution in [3.8, 4) is 5.75 Å². The summed E-state index contributed by atoms with van der Waals surface area (Å²) < 4.78 is 20.6. The van der Waals surface area contributed by atoms with E-state index in [-0.39, 0.29) is 23.3 Å². The van der Waals surface area contributed by atoms with E-state index < -0.39 is 5.82 Å². The summed E-state index contributed by atoms with van der Waals surface area (Å²) in [4.78, 5) is 12.2. The van der Waals surface area contributed by atoms with Gasteiger partial charge in [0, 0.05) is 17.3 Å². The fourth-order valence-corrected chi connectivity index (χ4v) is 3.61. The molecule has 1 amide bonds. The van der Waals surface area contributed by atoms with Gasteiger partial charge in [-0.25, -0.2) is 4.39 Å². The monoisotopic (exact) mass is 454 g/mol. The molecule has 6 nitrogen and oxygen atoms in total. The van der Waals surface area contributed by atoms with E-state index in [1.54, 1.807) is 24.3 Å². The number of carbonyl (C=O) groups excluding carboxylic acids is 1. The summed E-state index contributed by atoms with van der Waals surface area (Å²) in [5, 5.41) is 12.4. The van der Waals surface area contributed by atoms with Crippen LogP contribution in [0.2, 0.25) is 10.0 Å². The highest BCUT2D eigenvalue weighted by atomic mass is 35.5. The van der Waals surface area contributed by atoms with Crippen LogP contribution in [-0.2, 0) is 17.9 Å². The van der Waals surface area contributed by atoms with Gasteiger partial charge in [0.05, 0.1) is 10.8 Å². The number of benzene rings is 2. The van der Waals surface area contributed by atoms with E-state index in [9.17, 15) is 9.18 Å². The summed E-state index contributed by atoms with van der Waals surface area (Å²) in [5.74, 6) is 0.503. The van der Waals surface area contributed by atoms with Crippen LogP contribution >= 0.6 is 35.0 Å². The predicted octanol–water partition coefficient (Wildman–Crippen LogP) is 5.05. The van der Waals surface area contributed by atoms with Crippen LogP contribution in [0.5, 0.6) is 5.75 Å². The minimum atomic E-state index is -0.436. The molecule has 3 rings (SSSR count). The molecule has 0 aliphatic rings. The molecule has 152 valence electrons. The first kappa shape index (κ1) is 21.4. The lowest BCUT2D eigenvalue weighted by molar-refractivity contribution is -0.113. The normalized spacial score (nSPS) is 10.8. The number of rotatable bonds is 8. The van der Waals surface area contributed by atoms with Crippen LogP contribution in [0.3, 0.4) is 0 Å². The van der Waals surface area contributed by atoms with E-state index in [2.05, 4.69) is 15.5 Å². The molecule has 0 fully saturated rings. The number of nitrogens with one attached hydrogen (secondary N) is 1. The van der Waals surface area contributed by atoms with E-state index in [0.717, 1.165) is 0 Å². The average Bonchev–Trinajstić information content (AvgIpc) is 3.09. The molecule has 0 saturated carbocycles. The van der Waals surface area contributed by atoms with Gasteiger partial charge in [-0.1, -0.05) is 35.0 Å². The molecule has 0 unspecified atom stereocenters. The number of anilines is 1. The predicted molar refractivity (Wildman–Crippen MR) is 112 cm³/mol. The summed E-state index contributed by atoms with van der Waals surface area (Å²) >= 11 is 13.1. The number of carbonyl (C=O) groups is 1. The SMILES string of the molecule is CCn1c(COc2ccc(F)cc2Cl)nnc1SCC(=O)Nc1ccc(Cl)cc1. The van der Waals surface area contributed by atoms with Crippen LogP contribution in [0.15, 0.2) is 47.6 Å². The van der Waals surface area contributed by atoms with E-state index in [1.165, 1.54) is 30.0 Å². The molecule has 0 bridgehead atoms. The summed E-state index contributed by atoms with van der Waals surface area (Å²) in [7, 11) is 0. The van der Waals surface area contributed by atoms with Crippen molar-refractivity contribution in [3.05, 3.63) is 64.2 Å².